The molecule has 5 heteroatoms. The summed E-state index contributed by atoms with van der Waals surface area (Å²) in [6.45, 7) is 6.87. The van der Waals surface area contributed by atoms with Crippen molar-refractivity contribution >= 4 is 30.1 Å². The number of thioether (sulfide) groups is 1. The molecule has 0 aliphatic carbocycles. The van der Waals surface area contributed by atoms with E-state index in [0.29, 0.717) is 0 Å². The lowest BCUT2D eigenvalue weighted by molar-refractivity contribution is -0.126. The van der Waals surface area contributed by atoms with Crippen LogP contribution in [0.2, 0.25) is 0 Å². The molecule has 16 heavy (non-hydrogen) atoms. The summed E-state index contributed by atoms with van der Waals surface area (Å²) < 4.78 is 0.229. The second-order valence-corrected chi connectivity index (χ2v) is 5.44. The fourth-order valence-corrected chi connectivity index (χ4v) is 2.52. The average Bonchev–Trinajstić information content (AvgIpc) is 2.18. The van der Waals surface area contributed by atoms with E-state index in [0.717, 1.165) is 32.5 Å². The van der Waals surface area contributed by atoms with Crippen molar-refractivity contribution in [3.05, 3.63) is 0 Å². The van der Waals surface area contributed by atoms with Crippen LogP contribution in [0.5, 0.6) is 0 Å². The molecule has 0 bridgehead atoms. The Morgan fingerprint density at radius 2 is 2.00 bits per heavy atom. The van der Waals surface area contributed by atoms with E-state index in [4.69, 9.17) is 0 Å². The summed E-state index contributed by atoms with van der Waals surface area (Å²) in [5.74, 6) is 0.423. The fraction of sp³-hybridized carbons (Fsp3) is 0.909. The maximum atomic E-state index is 11.7. The van der Waals surface area contributed by atoms with Crippen molar-refractivity contribution in [2.45, 2.75) is 31.4 Å². The summed E-state index contributed by atoms with van der Waals surface area (Å²) in [6, 6.07) is 0. The number of nitrogens with one attached hydrogen (secondary N) is 2. The van der Waals surface area contributed by atoms with Gasteiger partial charge >= 0.3 is 0 Å². The first kappa shape index (κ1) is 16.1. The molecular weight excluding hydrogens is 244 g/mol. The summed E-state index contributed by atoms with van der Waals surface area (Å²) in [4.78, 5) is 11.7. The highest BCUT2D eigenvalue weighted by Gasteiger charge is 2.29. The van der Waals surface area contributed by atoms with Gasteiger partial charge in [0.1, 0.15) is 0 Å². The minimum atomic E-state index is 0. The summed E-state index contributed by atoms with van der Waals surface area (Å²) in [5, 5.41) is 6.19. The first-order valence-corrected chi connectivity index (χ1v) is 6.93. The van der Waals surface area contributed by atoms with Gasteiger partial charge in [-0.2, -0.15) is 11.8 Å². The second kappa shape index (κ2) is 7.41. The Morgan fingerprint density at radius 3 is 2.31 bits per heavy atom. The van der Waals surface area contributed by atoms with E-state index < -0.39 is 0 Å². The van der Waals surface area contributed by atoms with Gasteiger partial charge in [0.2, 0.25) is 5.91 Å². The largest absolute Gasteiger partial charge is 0.354 e. The average molecular weight is 267 g/mol. The lowest BCUT2D eigenvalue weighted by atomic mass is 10.00. The van der Waals surface area contributed by atoms with Crippen molar-refractivity contribution in [2.75, 3.05) is 25.9 Å². The van der Waals surface area contributed by atoms with Crippen LogP contribution in [0.15, 0.2) is 0 Å². The molecule has 0 spiro atoms. The first-order chi connectivity index (χ1) is 7.17. The molecule has 0 aromatic carbocycles. The smallest absolute Gasteiger partial charge is 0.225 e. The Hall–Kier alpha value is 0.0700. The molecule has 1 fully saturated rings. The minimum Gasteiger partial charge on any atom is -0.354 e. The van der Waals surface area contributed by atoms with Gasteiger partial charge < -0.3 is 10.6 Å². The number of carbonyl (C=O) groups excluding carboxylic acids is 1. The third-order valence-electron chi connectivity index (χ3n) is 3.46. The lowest BCUT2D eigenvalue weighted by Crippen LogP contribution is -2.52. The Kier molecular flexibility index (Phi) is 7.44. The molecular formula is C11H23ClN2OS. The number of hydrogen-bond acceptors (Lipinski definition) is 3. The van der Waals surface area contributed by atoms with Crippen molar-refractivity contribution < 1.29 is 4.79 Å². The van der Waals surface area contributed by atoms with E-state index in [2.05, 4.69) is 30.7 Å². The van der Waals surface area contributed by atoms with Crippen LogP contribution >= 0.6 is 24.2 Å². The van der Waals surface area contributed by atoms with Crippen LogP contribution in [-0.4, -0.2) is 36.5 Å². The van der Waals surface area contributed by atoms with Crippen LogP contribution in [-0.2, 0) is 4.79 Å². The van der Waals surface area contributed by atoms with Gasteiger partial charge in [-0.1, -0.05) is 13.8 Å². The number of rotatable bonds is 6. The van der Waals surface area contributed by atoms with Crippen molar-refractivity contribution in [3.63, 3.8) is 0 Å². The van der Waals surface area contributed by atoms with Gasteiger partial charge in [-0.15, -0.1) is 12.4 Å². The van der Waals surface area contributed by atoms with Crippen LogP contribution in [0, 0.1) is 5.92 Å². The second-order valence-electron chi connectivity index (χ2n) is 4.17. The van der Waals surface area contributed by atoms with Gasteiger partial charge in [-0.05, 0) is 19.1 Å². The summed E-state index contributed by atoms with van der Waals surface area (Å²) in [7, 11) is 0. The monoisotopic (exact) mass is 266 g/mol. The van der Waals surface area contributed by atoms with E-state index in [1.807, 2.05) is 11.8 Å². The molecule has 0 atom stereocenters. The summed E-state index contributed by atoms with van der Waals surface area (Å²) >= 11 is 1.87. The number of hydrogen-bond donors (Lipinski definition) is 2. The maximum Gasteiger partial charge on any atom is 0.225 e. The van der Waals surface area contributed by atoms with E-state index in [-0.39, 0.29) is 29.0 Å². The normalized spacial score (nSPS) is 16.2. The maximum absolute atomic E-state index is 11.7. The fourth-order valence-electron chi connectivity index (χ4n) is 1.73. The number of carbonyl (C=O) groups is 1. The summed E-state index contributed by atoms with van der Waals surface area (Å²) in [6.07, 6.45) is 4.34. The van der Waals surface area contributed by atoms with E-state index >= 15 is 0 Å². The number of halogens is 1. The molecule has 2 N–H and O–H groups in total. The van der Waals surface area contributed by atoms with Crippen LogP contribution in [0.25, 0.3) is 0 Å². The van der Waals surface area contributed by atoms with Gasteiger partial charge in [0.25, 0.3) is 0 Å². The first-order valence-electron chi connectivity index (χ1n) is 5.71. The molecule has 3 nitrogen and oxygen atoms in total. The zero-order chi connectivity index (χ0) is 11.3. The Bertz CT molecular complexity index is 210. The molecule has 0 unspecified atom stereocenters. The minimum absolute atomic E-state index is 0. The van der Waals surface area contributed by atoms with Crippen LogP contribution in [0.1, 0.15) is 26.7 Å². The molecule has 1 aliphatic heterocycles. The molecule has 96 valence electrons. The Balaban J connectivity index is 0.00000225. The van der Waals surface area contributed by atoms with E-state index in [1.54, 1.807) is 0 Å². The van der Waals surface area contributed by atoms with Gasteiger partial charge in [0, 0.05) is 24.4 Å². The Morgan fingerprint density at radius 1 is 1.44 bits per heavy atom. The summed E-state index contributed by atoms with van der Waals surface area (Å²) in [5.41, 5.74) is 0. The molecule has 0 radical (unpaired) electrons. The highest BCUT2D eigenvalue weighted by molar-refractivity contribution is 8.00. The molecule has 1 aliphatic rings. The van der Waals surface area contributed by atoms with Gasteiger partial charge in [0.05, 0.1) is 5.92 Å². The SMILES string of the molecule is CCC(CC)(CNC(=O)C1CNC1)SC.Cl. The molecule has 1 heterocycles. The third kappa shape index (κ3) is 3.82. The molecule has 1 saturated heterocycles. The van der Waals surface area contributed by atoms with Crippen molar-refractivity contribution in [3.8, 4) is 0 Å². The lowest BCUT2D eigenvalue weighted by Gasteiger charge is -2.32. The highest BCUT2D eigenvalue weighted by atomic mass is 35.5. The molecule has 0 aromatic rings. The Labute approximate surface area is 109 Å². The molecule has 1 amide bonds. The topological polar surface area (TPSA) is 41.1 Å². The standard InChI is InChI=1S/C11H22N2OS.ClH/c1-4-11(5-2,15-3)8-13-10(14)9-6-12-7-9;/h9,12H,4-8H2,1-3H3,(H,13,14);1H. The predicted octanol–water partition coefficient (Wildman–Crippen LogP) is 1.67. The van der Waals surface area contributed by atoms with Crippen LogP contribution in [0.4, 0.5) is 0 Å². The third-order valence-corrected chi connectivity index (χ3v) is 5.05. The van der Waals surface area contributed by atoms with Crippen molar-refractivity contribution in [1.82, 2.24) is 10.6 Å². The molecule has 1 rings (SSSR count). The van der Waals surface area contributed by atoms with Crippen LogP contribution < -0.4 is 10.6 Å². The quantitative estimate of drug-likeness (QED) is 0.768. The predicted molar refractivity (Wildman–Crippen MR) is 73.4 cm³/mol. The highest BCUT2D eigenvalue weighted by Crippen LogP contribution is 2.29. The van der Waals surface area contributed by atoms with Gasteiger partial charge in [0.15, 0.2) is 0 Å². The van der Waals surface area contributed by atoms with Crippen molar-refractivity contribution in [2.24, 2.45) is 5.92 Å². The zero-order valence-corrected chi connectivity index (χ0v) is 12.0. The molecule has 0 aromatic heterocycles. The van der Waals surface area contributed by atoms with Gasteiger partial charge in [-0.25, -0.2) is 0 Å². The van der Waals surface area contributed by atoms with Crippen LogP contribution in [0.3, 0.4) is 0 Å². The zero-order valence-electron chi connectivity index (χ0n) is 10.3. The van der Waals surface area contributed by atoms with Crippen molar-refractivity contribution in [1.29, 1.82) is 0 Å². The number of amides is 1. The van der Waals surface area contributed by atoms with E-state index in [9.17, 15) is 4.79 Å². The van der Waals surface area contributed by atoms with Gasteiger partial charge in [-0.3, -0.25) is 4.79 Å². The molecule has 0 saturated carbocycles. The van der Waals surface area contributed by atoms with E-state index in [1.165, 1.54) is 0 Å².